The second kappa shape index (κ2) is 29.2. The van der Waals surface area contributed by atoms with Gasteiger partial charge in [-0.2, -0.15) is 13.2 Å². The van der Waals surface area contributed by atoms with E-state index in [-0.39, 0.29) is 62.6 Å². The molecule has 1 aliphatic rings. The summed E-state index contributed by atoms with van der Waals surface area (Å²) in [5, 5.41) is 18.8. The SMILES string of the molecule is O=C(O)C(C[C@H]1CN(c2ccc3cc(-c4ccccc4C(F)(F)F)[nH]c(=O)c3c2)C(=O)O1)OCCOCCOCCOCCOCCOCCOCCOCCOCCOCCO. The quantitative estimate of drug-likeness (QED) is 0.0721. The number of fused-ring (bicyclic) bond motifs is 1. The maximum Gasteiger partial charge on any atom is 0.417 e. The van der Waals surface area contributed by atoms with Crippen LogP contribution < -0.4 is 10.5 Å². The van der Waals surface area contributed by atoms with Crippen LogP contribution in [0.1, 0.15) is 12.0 Å². The Morgan fingerprint density at radius 1 is 0.698 bits per heavy atom. The lowest BCUT2D eigenvalue weighted by Gasteiger charge is -2.17. The number of nitrogens with zero attached hydrogens (tertiary/aromatic N) is 1. The number of alkyl halides is 3. The lowest BCUT2D eigenvalue weighted by atomic mass is 10.0. The standard InChI is InChI=1S/C42H57F3N2O16/c43-42(44,45)36-4-2-1-3-34(36)37-27-31-5-6-32(28-35(31)39(49)46-37)47-30-33(63-41(47)52)29-38(40(50)51)62-26-25-61-24-23-60-22-21-59-20-19-58-18-17-57-16-15-56-14-13-55-12-11-54-10-9-53-8-7-48/h1-6,27-28,33,38,48H,7-26,29-30H2,(H,46,49)(H,50,51)/t33-,38?/m0/s1. The van der Waals surface area contributed by atoms with Crippen molar-refractivity contribution in [3.05, 3.63) is 64.4 Å². The number of carboxylic acids is 1. The van der Waals surface area contributed by atoms with Crippen LogP contribution in [0.4, 0.5) is 23.7 Å². The number of benzene rings is 2. The largest absolute Gasteiger partial charge is 0.479 e. The first-order valence-corrected chi connectivity index (χ1v) is 20.5. The molecule has 3 aromatic rings. The number of rotatable bonds is 35. The van der Waals surface area contributed by atoms with Crippen LogP contribution in [-0.2, 0) is 63.1 Å². The zero-order chi connectivity index (χ0) is 45.1. The normalized spacial score (nSPS) is 14.8. The van der Waals surface area contributed by atoms with Crippen LogP contribution in [0.25, 0.3) is 22.0 Å². The van der Waals surface area contributed by atoms with Crippen molar-refractivity contribution in [1.29, 1.82) is 0 Å². The van der Waals surface area contributed by atoms with Crippen LogP contribution in [0, 0.1) is 0 Å². The fraction of sp³-hybridized carbons (Fsp3) is 0.595. The molecule has 2 heterocycles. The highest BCUT2D eigenvalue weighted by molar-refractivity contribution is 5.95. The molecule has 1 saturated heterocycles. The Hall–Kier alpha value is -4.26. The van der Waals surface area contributed by atoms with E-state index in [1.54, 1.807) is 0 Å². The van der Waals surface area contributed by atoms with E-state index in [4.69, 9.17) is 57.2 Å². The smallest absolute Gasteiger partial charge is 0.417 e. The fourth-order valence-corrected chi connectivity index (χ4v) is 6.04. The molecule has 1 aliphatic heterocycles. The molecule has 4 rings (SSSR count). The van der Waals surface area contributed by atoms with Crippen molar-refractivity contribution in [1.82, 2.24) is 4.98 Å². The van der Waals surface area contributed by atoms with E-state index in [9.17, 15) is 32.7 Å². The van der Waals surface area contributed by atoms with E-state index >= 15 is 0 Å². The number of nitrogens with one attached hydrogen (secondary N) is 1. The van der Waals surface area contributed by atoms with Crippen molar-refractivity contribution < 1.29 is 85.1 Å². The monoisotopic (exact) mass is 902 g/mol. The van der Waals surface area contributed by atoms with Gasteiger partial charge in [0.15, 0.2) is 6.10 Å². The maximum absolute atomic E-state index is 13.6. The molecule has 1 fully saturated rings. The number of aliphatic hydroxyl groups excluding tert-OH is 1. The summed E-state index contributed by atoms with van der Waals surface area (Å²) in [4.78, 5) is 41.5. The molecule has 1 unspecified atom stereocenters. The lowest BCUT2D eigenvalue weighted by Crippen LogP contribution is -2.32. The Balaban J connectivity index is 0.980. The van der Waals surface area contributed by atoms with Gasteiger partial charge in [0.1, 0.15) is 6.10 Å². The average Bonchev–Trinajstić information content (AvgIpc) is 3.64. The number of carbonyl (C=O) groups excluding carboxylic acids is 1. The number of amides is 1. The van der Waals surface area contributed by atoms with Crippen LogP contribution in [-0.4, -0.2) is 178 Å². The molecule has 0 radical (unpaired) electrons. The minimum atomic E-state index is -4.63. The molecule has 3 N–H and O–H groups in total. The number of aromatic amines is 1. The molecular formula is C42H57F3N2O16. The maximum atomic E-state index is 13.6. The van der Waals surface area contributed by atoms with E-state index < -0.39 is 41.6 Å². The van der Waals surface area contributed by atoms with Crippen LogP contribution in [0.3, 0.4) is 0 Å². The summed E-state index contributed by atoms with van der Waals surface area (Å²) in [5.41, 5.74) is -1.44. The summed E-state index contributed by atoms with van der Waals surface area (Å²) in [6.07, 6.45) is -7.67. The number of hydrogen-bond donors (Lipinski definition) is 3. The molecule has 0 spiro atoms. The zero-order valence-corrected chi connectivity index (χ0v) is 35.0. The van der Waals surface area contributed by atoms with Crippen LogP contribution in [0.15, 0.2) is 53.3 Å². The van der Waals surface area contributed by atoms with Crippen LogP contribution in [0.5, 0.6) is 0 Å². The second-order valence-corrected chi connectivity index (χ2v) is 13.6. The van der Waals surface area contributed by atoms with Gasteiger partial charge < -0.3 is 67.3 Å². The predicted octanol–water partition coefficient (Wildman–Crippen LogP) is 3.54. The Bertz CT molecular complexity index is 1830. The van der Waals surface area contributed by atoms with E-state index in [1.807, 2.05) is 0 Å². The number of anilines is 1. The number of pyridine rings is 1. The molecule has 1 aromatic heterocycles. The average molecular weight is 903 g/mol. The third-order valence-electron chi connectivity index (χ3n) is 9.05. The van der Waals surface area contributed by atoms with Gasteiger partial charge in [-0.3, -0.25) is 9.69 Å². The third-order valence-corrected chi connectivity index (χ3v) is 9.05. The van der Waals surface area contributed by atoms with Crippen molar-refractivity contribution >= 4 is 28.5 Å². The number of carboxylic acid groups (broad SMARTS) is 1. The number of halogens is 3. The summed E-state index contributed by atoms with van der Waals surface area (Å²) in [5.74, 6) is -1.25. The van der Waals surface area contributed by atoms with E-state index in [1.165, 1.54) is 47.4 Å². The number of ether oxygens (including phenoxy) is 11. The highest BCUT2D eigenvalue weighted by Gasteiger charge is 2.36. The van der Waals surface area contributed by atoms with Gasteiger partial charge in [0.05, 0.1) is 144 Å². The molecule has 21 heteroatoms. The number of cyclic esters (lactones) is 1. The van der Waals surface area contributed by atoms with E-state index in [0.29, 0.717) is 110 Å². The lowest BCUT2D eigenvalue weighted by molar-refractivity contribution is -0.153. The second-order valence-electron chi connectivity index (χ2n) is 13.6. The topological polar surface area (TPSA) is 212 Å². The summed E-state index contributed by atoms with van der Waals surface area (Å²) < 4.78 is 100. The molecule has 352 valence electrons. The minimum Gasteiger partial charge on any atom is -0.479 e. The molecule has 63 heavy (non-hydrogen) atoms. The predicted molar refractivity (Wildman–Crippen MR) is 219 cm³/mol. The van der Waals surface area contributed by atoms with Gasteiger partial charge in [-0.05, 0) is 29.7 Å². The fourth-order valence-electron chi connectivity index (χ4n) is 6.04. The van der Waals surface area contributed by atoms with E-state index in [2.05, 4.69) is 4.98 Å². The number of carbonyl (C=O) groups is 2. The highest BCUT2D eigenvalue weighted by Crippen LogP contribution is 2.37. The van der Waals surface area contributed by atoms with Gasteiger partial charge >= 0.3 is 18.2 Å². The summed E-state index contributed by atoms with van der Waals surface area (Å²) >= 11 is 0. The number of aliphatic hydroxyl groups is 1. The van der Waals surface area contributed by atoms with Crippen molar-refractivity contribution in [2.45, 2.75) is 24.8 Å². The number of aromatic nitrogens is 1. The van der Waals surface area contributed by atoms with Crippen LogP contribution in [0.2, 0.25) is 0 Å². The number of aliphatic carboxylic acids is 1. The van der Waals surface area contributed by atoms with Crippen LogP contribution >= 0.6 is 0 Å². The van der Waals surface area contributed by atoms with Gasteiger partial charge in [-0.15, -0.1) is 0 Å². The third kappa shape index (κ3) is 19.2. The van der Waals surface area contributed by atoms with Gasteiger partial charge in [-0.25, -0.2) is 9.59 Å². The van der Waals surface area contributed by atoms with Crippen molar-refractivity contribution in [2.24, 2.45) is 0 Å². The van der Waals surface area contributed by atoms with Gasteiger partial charge in [0, 0.05) is 28.8 Å². The molecular weight excluding hydrogens is 845 g/mol. The summed E-state index contributed by atoms with van der Waals surface area (Å²) in [6.45, 7) is 6.88. The van der Waals surface area contributed by atoms with Gasteiger partial charge in [-0.1, -0.05) is 24.3 Å². The Kier molecular flexibility index (Phi) is 23.8. The molecule has 0 bridgehead atoms. The molecule has 0 aliphatic carbocycles. The van der Waals surface area contributed by atoms with Gasteiger partial charge in [0.25, 0.3) is 5.56 Å². The number of H-pyrrole nitrogens is 1. The zero-order valence-electron chi connectivity index (χ0n) is 35.0. The van der Waals surface area contributed by atoms with Gasteiger partial charge in [0.2, 0.25) is 0 Å². The molecule has 18 nitrogen and oxygen atoms in total. The molecule has 2 aromatic carbocycles. The molecule has 0 saturated carbocycles. The first kappa shape index (κ1) is 51.4. The van der Waals surface area contributed by atoms with E-state index in [0.717, 1.165) is 6.07 Å². The number of hydrogen-bond acceptors (Lipinski definition) is 15. The van der Waals surface area contributed by atoms with Crippen molar-refractivity contribution in [3.8, 4) is 11.3 Å². The Morgan fingerprint density at radius 2 is 1.17 bits per heavy atom. The highest BCUT2D eigenvalue weighted by atomic mass is 19.4. The summed E-state index contributed by atoms with van der Waals surface area (Å²) in [6, 6.07) is 10.8. The first-order chi connectivity index (χ1) is 30.6. The molecule has 1 amide bonds. The Morgan fingerprint density at radius 3 is 1.65 bits per heavy atom. The van der Waals surface area contributed by atoms with Crippen molar-refractivity contribution in [3.63, 3.8) is 0 Å². The molecule has 2 atom stereocenters. The first-order valence-electron chi connectivity index (χ1n) is 20.5. The minimum absolute atomic E-state index is 0.00166. The van der Waals surface area contributed by atoms with Crippen molar-refractivity contribution in [2.75, 3.05) is 144 Å². The Labute approximate surface area is 362 Å². The summed E-state index contributed by atoms with van der Waals surface area (Å²) in [7, 11) is 0.